The van der Waals surface area contributed by atoms with Crippen LogP contribution in [-0.4, -0.2) is 142 Å². The van der Waals surface area contributed by atoms with Gasteiger partial charge in [0.1, 0.15) is 36.8 Å². The quantitative estimate of drug-likeness (QED) is 0.0206. The highest BCUT2D eigenvalue weighted by Gasteiger charge is 2.37. The first kappa shape index (κ1) is 67.9. The van der Waals surface area contributed by atoms with Crippen molar-refractivity contribution in [3.05, 3.63) is 71.9 Å². The minimum absolute atomic E-state index is 0.0258. The number of carbonyl (C=O) groups is 11. The maximum absolute atomic E-state index is 14.7. The molecule has 18 N–H and O–H groups in total. The van der Waals surface area contributed by atoms with E-state index in [2.05, 4.69) is 47.5 Å². The van der Waals surface area contributed by atoms with Crippen LogP contribution in [0, 0.1) is 29.1 Å². The summed E-state index contributed by atoms with van der Waals surface area (Å²) in [6, 6.07) is 8.37. The lowest BCUT2D eigenvalue weighted by atomic mass is 9.89. The summed E-state index contributed by atoms with van der Waals surface area (Å²) in [5, 5.41) is 47.9. The van der Waals surface area contributed by atoms with Crippen molar-refractivity contribution in [2.24, 2.45) is 40.9 Å². The third-order valence-electron chi connectivity index (χ3n) is 13.6. The summed E-state index contributed by atoms with van der Waals surface area (Å²) in [5.41, 5.74) is 18.6. The number of hydrogen-bond donors (Lipinski definition) is 15. The number of carboxylic acid groups (broad SMARTS) is 2. The van der Waals surface area contributed by atoms with Crippen molar-refractivity contribution in [2.75, 3.05) is 19.6 Å². The van der Waals surface area contributed by atoms with Crippen molar-refractivity contribution in [3.63, 3.8) is 0 Å². The fourth-order valence-electron chi connectivity index (χ4n) is 8.92. The molecule has 3 aromatic rings. The SMILES string of the molecule is CC(C)[C@H](NC(=O)[C@H](CCCCN)NC(=O)[C@@H](NC(=O)[C@H](Cc1c[nH]c2ccccc12)NC(=O)[C@H](Cc1ccccc1)NC(=O)[C@@H](C)CCC(N)=O)C(C)C)C(=O)C[C@@H](CCC(=O)O)C(=O)N[C@@H](CCCNC(=N)N)C(=O)NCC(=O)O. The molecule has 450 valence electrons. The molecule has 8 atom stereocenters. The van der Waals surface area contributed by atoms with Gasteiger partial charge in [0.15, 0.2) is 11.7 Å². The Morgan fingerprint density at radius 1 is 0.561 bits per heavy atom. The Morgan fingerprint density at radius 2 is 1.12 bits per heavy atom. The first-order valence-electron chi connectivity index (χ1n) is 27.5. The molecular formula is C56H83N13O13. The zero-order valence-electron chi connectivity index (χ0n) is 47.3. The zero-order chi connectivity index (χ0) is 61.1. The van der Waals surface area contributed by atoms with Crippen LogP contribution in [0.25, 0.3) is 10.9 Å². The van der Waals surface area contributed by atoms with Gasteiger partial charge in [-0.25, -0.2) is 0 Å². The molecule has 0 bridgehead atoms. The lowest BCUT2D eigenvalue weighted by Crippen LogP contribution is -2.60. The number of Topliss-reactive ketones (excluding diaryl/α,β-unsaturated/α-hetero) is 1. The number of primary amides is 1. The van der Waals surface area contributed by atoms with Crippen molar-refractivity contribution in [1.82, 2.24) is 47.5 Å². The Labute approximate surface area is 476 Å². The van der Waals surface area contributed by atoms with E-state index >= 15 is 0 Å². The molecule has 0 radical (unpaired) electrons. The van der Waals surface area contributed by atoms with Gasteiger partial charge in [0, 0.05) is 67.6 Å². The molecule has 1 heterocycles. The van der Waals surface area contributed by atoms with Crippen LogP contribution in [0.3, 0.4) is 0 Å². The van der Waals surface area contributed by atoms with Crippen LogP contribution < -0.4 is 59.7 Å². The zero-order valence-corrected chi connectivity index (χ0v) is 47.3. The second-order valence-electron chi connectivity index (χ2n) is 21.0. The van der Waals surface area contributed by atoms with E-state index in [-0.39, 0.29) is 70.4 Å². The number of carbonyl (C=O) groups excluding carboxylic acids is 9. The average molecular weight is 1150 g/mol. The third-order valence-corrected chi connectivity index (χ3v) is 13.6. The van der Waals surface area contributed by atoms with Crippen LogP contribution in [-0.2, 0) is 65.6 Å². The van der Waals surface area contributed by atoms with Crippen LogP contribution in [0.15, 0.2) is 60.8 Å². The number of hydrogen-bond acceptors (Lipinski definition) is 13. The Balaban J connectivity index is 1.93. The van der Waals surface area contributed by atoms with Crippen molar-refractivity contribution in [1.29, 1.82) is 5.41 Å². The van der Waals surface area contributed by atoms with E-state index in [1.54, 1.807) is 71.1 Å². The fourth-order valence-corrected chi connectivity index (χ4v) is 8.92. The van der Waals surface area contributed by atoms with Crippen LogP contribution in [0.4, 0.5) is 0 Å². The average Bonchev–Trinajstić information content (AvgIpc) is 3.96. The monoisotopic (exact) mass is 1150 g/mol. The van der Waals surface area contributed by atoms with E-state index in [9.17, 15) is 57.8 Å². The summed E-state index contributed by atoms with van der Waals surface area (Å²) in [6.07, 6.45) is 1.08. The van der Waals surface area contributed by atoms with E-state index < -0.39 is 144 Å². The Morgan fingerprint density at radius 3 is 1.74 bits per heavy atom. The molecule has 1 aromatic heterocycles. The number of carboxylic acids is 2. The number of ketones is 1. The highest BCUT2D eigenvalue weighted by atomic mass is 16.4. The van der Waals surface area contributed by atoms with Crippen molar-refractivity contribution in [3.8, 4) is 0 Å². The van der Waals surface area contributed by atoms with E-state index in [0.717, 1.165) is 10.9 Å². The summed E-state index contributed by atoms with van der Waals surface area (Å²) in [7, 11) is 0. The van der Waals surface area contributed by atoms with Gasteiger partial charge in [0.25, 0.3) is 0 Å². The van der Waals surface area contributed by atoms with Crippen LogP contribution >= 0.6 is 0 Å². The summed E-state index contributed by atoms with van der Waals surface area (Å²) >= 11 is 0. The summed E-state index contributed by atoms with van der Waals surface area (Å²) < 4.78 is 0. The molecule has 0 saturated heterocycles. The number of H-pyrrole nitrogens is 1. The third kappa shape index (κ3) is 23.7. The van der Waals surface area contributed by atoms with Gasteiger partial charge in [-0.1, -0.05) is 83.1 Å². The molecule has 3 rings (SSSR count). The Hall–Kier alpha value is -8.42. The van der Waals surface area contributed by atoms with Gasteiger partial charge < -0.3 is 74.9 Å². The van der Waals surface area contributed by atoms with Gasteiger partial charge in [0.05, 0.1) is 6.04 Å². The van der Waals surface area contributed by atoms with Gasteiger partial charge in [-0.15, -0.1) is 0 Å². The molecular weight excluding hydrogens is 1060 g/mol. The number of aromatic nitrogens is 1. The van der Waals surface area contributed by atoms with Gasteiger partial charge in [0.2, 0.25) is 47.3 Å². The molecule has 8 amide bonds. The minimum atomic E-state index is -1.36. The summed E-state index contributed by atoms with van der Waals surface area (Å²) in [5.74, 6) is -12.9. The molecule has 0 saturated carbocycles. The summed E-state index contributed by atoms with van der Waals surface area (Å²) in [6.45, 7) is 7.74. The van der Waals surface area contributed by atoms with Gasteiger partial charge in [-0.3, -0.25) is 58.1 Å². The number of para-hydroxylation sites is 1. The number of nitrogens with one attached hydrogen (secondary N) is 10. The number of unbranched alkanes of at least 4 members (excludes halogenated alkanes) is 1. The molecule has 0 aliphatic heterocycles. The highest BCUT2D eigenvalue weighted by Crippen LogP contribution is 2.21. The number of nitrogens with two attached hydrogens (primary N) is 3. The number of benzene rings is 2. The Kier molecular flexibility index (Phi) is 28.7. The maximum Gasteiger partial charge on any atom is 0.322 e. The lowest BCUT2D eigenvalue weighted by Gasteiger charge is -2.29. The van der Waals surface area contributed by atoms with E-state index in [1.165, 1.54) is 0 Å². The minimum Gasteiger partial charge on any atom is -0.481 e. The predicted octanol–water partition coefficient (Wildman–Crippen LogP) is 0.109. The molecule has 0 fully saturated rings. The van der Waals surface area contributed by atoms with Crippen LogP contribution in [0.2, 0.25) is 0 Å². The molecule has 0 spiro atoms. The first-order chi connectivity index (χ1) is 38.8. The van der Waals surface area contributed by atoms with Crippen molar-refractivity contribution in [2.45, 2.75) is 148 Å². The molecule has 0 unspecified atom stereocenters. The molecule has 82 heavy (non-hydrogen) atoms. The molecule has 0 aliphatic carbocycles. The van der Waals surface area contributed by atoms with Gasteiger partial charge in [-0.05, 0) is 80.5 Å². The van der Waals surface area contributed by atoms with Crippen molar-refractivity contribution >= 4 is 81.8 Å². The molecule has 0 aliphatic rings. The van der Waals surface area contributed by atoms with E-state index in [4.69, 9.17) is 27.7 Å². The van der Waals surface area contributed by atoms with Gasteiger partial charge >= 0.3 is 11.9 Å². The van der Waals surface area contributed by atoms with Crippen LogP contribution in [0.5, 0.6) is 0 Å². The van der Waals surface area contributed by atoms with Crippen LogP contribution in [0.1, 0.15) is 110 Å². The number of aliphatic carboxylic acids is 2. The topological polar surface area (TPSA) is 442 Å². The van der Waals surface area contributed by atoms with E-state index in [0.29, 0.717) is 24.0 Å². The Bertz CT molecular complexity index is 2680. The predicted molar refractivity (Wildman–Crippen MR) is 304 cm³/mol. The number of aromatic amines is 1. The standard InChI is InChI=1S/C56H83N13O13/c1-31(2)47(43(70)28-35(21-23-45(72)73)50(77)64-39(19-13-25-61-56(59)60)51(78)63-30-46(74)75)68-52(79)40(18-11-12-24-57)65-55(82)48(32(3)4)69-54(81)42(27-36-29-62-38-17-10-9-16-37(36)38)67-53(80)41(26-34-14-7-6-8-15-34)66-49(76)33(5)20-22-44(58)71/h6-10,14-17,29,31-33,35,39-42,47-48,62H,11-13,18-28,30,57H2,1-5H3,(H2,58,71)(H,63,78)(H,64,77)(H,65,82)(H,66,76)(H,67,80)(H,68,79)(H,69,81)(H,72,73)(H,74,75)(H4,59,60,61)/t33-,35+,39-,40-,41-,42-,47-,48-/m0/s1. The number of guanidine groups is 1. The molecule has 2 aromatic carbocycles. The number of fused-ring (bicyclic) bond motifs is 1. The number of rotatable bonds is 38. The van der Waals surface area contributed by atoms with E-state index in [1.807, 2.05) is 24.3 Å². The highest BCUT2D eigenvalue weighted by molar-refractivity contribution is 5.98. The van der Waals surface area contributed by atoms with Gasteiger partial charge in [-0.2, -0.15) is 0 Å². The molecule has 26 nitrogen and oxygen atoms in total. The van der Waals surface area contributed by atoms with Crippen molar-refractivity contribution < 1.29 is 63.0 Å². The maximum atomic E-state index is 14.7. The largest absolute Gasteiger partial charge is 0.481 e. The first-order valence-corrected chi connectivity index (χ1v) is 27.5. The second kappa shape index (κ2) is 34.7. The number of amides is 8. The normalized spacial score (nSPS) is 14.1. The molecule has 26 heteroatoms. The lowest BCUT2D eigenvalue weighted by molar-refractivity contribution is -0.139. The summed E-state index contributed by atoms with van der Waals surface area (Å²) in [4.78, 5) is 150. The second-order valence-corrected chi connectivity index (χ2v) is 21.0. The smallest absolute Gasteiger partial charge is 0.322 e. The fraction of sp³-hybridized carbons (Fsp3) is 0.536.